The van der Waals surface area contributed by atoms with Gasteiger partial charge in [0.1, 0.15) is 24.6 Å². The highest BCUT2D eigenvalue weighted by atomic mass is 79.9. The second-order valence-corrected chi connectivity index (χ2v) is 5.50. The van der Waals surface area contributed by atoms with Crippen LogP contribution in [0.15, 0.2) is 45.1 Å². The zero-order chi connectivity index (χ0) is 12.4. The van der Waals surface area contributed by atoms with Crippen molar-refractivity contribution in [3.63, 3.8) is 0 Å². The molecule has 0 amide bonds. The highest BCUT2D eigenvalue weighted by molar-refractivity contribution is 9.10. The van der Waals surface area contributed by atoms with E-state index >= 15 is 0 Å². The standard InChI is InChI=1S/C12H9BrN2O2S/c13-9-6-14-7-15-12(9)18-8-1-2-10-11(5-8)17-4-3-16-10/h1-2,5-7H,3-4H2. The molecule has 18 heavy (non-hydrogen) atoms. The lowest BCUT2D eigenvalue weighted by Crippen LogP contribution is -2.15. The molecule has 1 aliphatic heterocycles. The van der Waals surface area contributed by atoms with Gasteiger partial charge in [0, 0.05) is 11.1 Å². The third-order valence-electron chi connectivity index (χ3n) is 2.36. The summed E-state index contributed by atoms with van der Waals surface area (Å²) < 4.78 is 11.9. The Morgan fingerprint density at radius 3 is 2.83 bits per heavy atom. The molecule has 1 aromatic heterocycles. The van der Waals surface area contributed by atoms with Crippen LogP contribution in [-0.2, 0) is 0 Å². The average Bonchev–Trinajstić information content (AvgIpc) is 2.41. The minimum absolute atomic E-state index is 0.596. The first-order chi connectivity index (χ1) is 8.83. The molecule has 0 saturated carbocycles. The molecule has 0 spiro atoms. The van der Waals surface area contributed by atoms with Gasteiger partial charge < -0.3 is 9.47 Å². The number of rotatable bonds is 2. The Morgan fingerprint density at radius 2 is 2.00 bits per heavy atom. The number of aromatic nitrogens is 2. The van der Waals surface area contributed by atoms with Gasteiger partial charge in [0.2, 0.25) is 0 Å². The zero-order valence-electron chi connectivity index (χ0n) is 9.30. The molecule has 6 heteroatoms. The van der Waals surface area contributed by atoms with E-state index in [4.69, 9.17) is 9.47 Å². The molecule has 0 aliphatic carbocycles. The van der Waals surface area contributed by atoms with Crippen LogP contribution in [0.4, 0.5) is 0 Å². The van der Waals surface area contributed by atoms with Crippen LogP contribution < -0.4 is 9.47 Å². The predicted molar refractivity (Wildman–Crippen MR) is 71.3 cm³/mol. The van der Waals surface area contributed by atoms with E-state index < -0.39 is 0 Å². The van der Waals surface area contributed by atoms with E-state index in [-0.39, 0.29) is 0 Å². The molecule has 2 aromatic rings. The molecule has 1 aromatic carbocycles. The van der Waals surface area contributed by atoms with Crippen molar-refractivity contribution in [2.75, 3.05) is 13.2 Å². The smallest absolute Gasteiger partial charge is 0.162 e. The zero-order valence-corrected chi connectivity index (χ0v) is 11.7. The first kappa shape index (κ1) is 11.8. The highest BCUT2D eigenvalue weighted by Gasteiger charge is 2.13. The van der Waals surface area contributed by atoms with Gasteiger partial charge in [-0.3, -0.25) is 0 Å². The van der Waals surface area contributed by atoms with Gasteiger partial charge in [0.15, 0.2) is 11.5 Å². The van der Waals surface area contributed by atoms with Crippen molar-refractivity contribution < 1.29 is 9.47 Å². The summed E-state index contributed by atoms with van der Waals surface area (Å²) in [6.45, 7) is 1.20. The van der Waals surface area contributed by atoms with Crippen LogP contribution >= 0.6 is 27.7 Å². The molecule has 2 heterocycles. The summed E-state index contributed by atoms with van der Waals surface area (Å²) in [5.74, 6) is 1.59. The number of fused-ring (bicyclic) bond motifs is 1. The van der Waals surface area contributed by atoms with Crippen molar-refractivity contribution in [3.8, 4) is 11.5 Å². The third-order valence-corrected chi connectivity index (χ3v) is 4.21. The maximum atomic E-state index is 5.55. The molecule has 0 fully saturated rings. The first-order valence-corrected chi connectivity index (χ1v) is 6.97. The van der Waals surface area contributed by atoms with Crippen LogP contribution in [0, 0.1) is 0 Å². The Hall–Kier alpha value is -1.27. The summed E-state index contributed by atoms with van der Waals surface area (Å²) in [7, 11) is 0. The van der Waals surface area contributed by atoms with Gasteiger partial charge in [-0.25, -0.2) is 9.97 Å². The van der Waals surface area contributed by atoms with Gasteiger partial charge in [-0.1, -0.05) is 11.8 Å². The molecule has 4 nitrogen and oxygen atoms in total. The lowest BCUT2D eigenvalue weighted by Gasteiger charge is -2.18. The molecule has 92 valence electrons. The molecule has 0 radical (unpaired) electrons. The molecular weight excluding hydrogens is 316 g/mol. The van der Waals surface area contributed by atoms with Crippen LogP contribution in [0.2, 0.25) is 0 Å². The topological polar surface area (TPSA) is 44.2 Å². The number of ether oxygens (including phenoxy) is 2. The lowest BCUT2D eigenvalue weighted by molar-refractivity contribution is 0.171. The van der Waals surface area contributed by atoms with Crippen LogP contribution in [0.1, 0.15) is 0 Å². The van der Waals surface area contributed by atoms with E-state index in [0.717, 1.165) is 25.9 Å². The minimum atomic E-state index is 0.596. The number of hydrogen-bond donors (Lipinski definition) is 0. The predicted octanol–water partition coefficient (Wildman–Crippen LogP) is 3.16. The Balaban J connectivity index is 1.87. The van der Waals surface area contributed by atoms with Crippen molar-refractivity contribution in [2.45, 2.75) is 9.92 Å². The summed E-state index contributed by atoms with van der Waals surface area (Å²) >= 11 is 4.98. The fraction of sp³-hybridized carbons (Fsp3) is 0.167. The van der Waals surface area contributed by atoms with E-state index in [1.165, 1.54) is 6.33 Å². The Morgan fingerprint density at radius 1 is 1.17 bits per heavy atom. The monoisotopic (exact) mass is 324 g/mol. The first-order valence-electron chi connectivity index (χ1n) is 5.36. The minimum Gasteiger partial charge on any atom is -0.486 e. The van der Waals surface area contributed by atoms with Crippen molar-refractivity contribution in [1.29, 1.82) is 0 Å². The Labute approximate surface area is 117 Å². The summed E-state index contributed by atoms with van der Waals surface area (Å²) in [4.78, 5) is 9.21. The summed E-state index contributed by atoms with van der Waals surface area (Å²) in [6.07, 6.45) is 3.26. The van der Waals surface area contributed by atoms with Crippen LogP contribution in [0.3, 0.4) is 0 Å². The third kappa shape index (κ3) is 2.44. The number of benzene rings is 1. The second kappa shape index (κ2) is 5.16. The van der Waals surface area contributed by atoms with Gasteiger partial charge in [-0.2, -0.15) is 0 Å². The second-order valence-electron chi connectivity index (χ2n) is 3.58. The van der Waals surface area contributed by atoms with Gasteiger partial charge >= 0.3 is 0 Å². The molecule has 3 rings (SSSR count). The van der Waals surface area contributed by atoms with Gasteiger partial charge in [-0.05, 0) is 34.1 Å². The van der Waals surface area contributed by atoms with Crippen molar-refractivity contribution in [2.24, 2.45) is 0 Å². The molecule has 0 N–H and O–H groups in total. The largest absolute Gasteiger partial charge is 0.486 e. The molecular formula is C12H9BrN2O2S. The Bertz CT molecular complexity index is 580. The van der Waals surface area contributed by atoms with Crippen LogP contribution in [0.5, 0.6) is 11.5 Å². The summed E-state index contributed by atoms with van der Waals surface area (Å²) in [5, 5.41) is 0.877. The van der Waals surface area contributed by atoms with E-state index in [9.17, 15) is 0 Å². The van der Waals surface area contributed by atoms with Crippen LogP contribution in [-0.4, -0.2) is 23.2 Å². The maximum Gasteiger partial charge on any atom is 0.162 e. The van der Waals surface area contributed by atoms with Crippen molar-refractivity contribution >= 4 is 27.7 Å². The molecule has 0 saturated heterocycles. The van der Waals surface area contributed by atoms with E-state index in [2.05, 4.69) is 25.9 Å². The molecule has 1 aliphatic rings. The molecule has 0 bridgehead atoms. The van der Waals surface area contributed by atoms with E-state index in [0.29, 0.717) is 13.2 Å². The molecule has 0 unspecified atom stereocenters. The fourth-order valence-corrected chi connectivity index (χ4v) is 2.81. The number of hydrogen-bond acceptors (Lipinski definition) is 5. The fourth-order valence-electron chi connectivity index (χ4n) is 1.58. The van der Waals surface area contributed by atoms with Crippen LogP contribution in [0.25, 0.3) is 0 Å². The van der Waals surface area contributed by atoms with Gasteiger partial charge in [-0.15, -0.1) is 0 Å². The molecule has 0 atom stereocenters. The van der Waals surface area contributed by atoms with E-state index in [1.54, 1.807) is 18.0 Å². The van der Waals surface area contributed by atoms with Gasteiger partial charge in [0.25, 0.3) is 0 Å². The van der Waals surface area contributed by atoms with Crippen molar-refractivity contribution in [3.05, 3.63) is 35.2 Å². The number of nitrogens with zero attached hydrogens (tertiary/aromatic N) is 2. The van der Waals surface area contributed by atoms with Crippen molar-refractivity contribution in [1.82, 2.24) is 9.97 Å². The SMILES string of the molecule is Brc1cncnc1Sc1ccc2c(c1)OCCO2. The number of halogens is 1. The maximum absolute atomic E-state index is 5.55. The normalized spacial score (nSPS) is 13.4. The lowest BCUT2D eigenvalue weighted by atomic mass is 10.3. The average molecular weight is 325 g/mol. The summed E-state index contributed by atoms with van der Waals surface area (Å²) in [6, 6.07) is 5.88. The highest BCUT2D eigenvalue weighted by Crippen LogP contribution is 2.37. The van der Waals surface area contributed by atoms with Gasteiger partial charge in [0.05, 0.1) is 4.47 Å². The summed E-state index contributed by atoms with van der Waals surface area (Å²) in [5.41, 5.74) is 0. The quantitative estimate of drug-likeness (QED) is 0.794. The van der Waals surface area contributed by atoms with E-state index in [1.807, 2.05) is 18.2 Å². The Kier molecular flexibility index (Phi) is 3.38.